The monoisotopic (exact) mass is 329 g/mol. The second kappa shape index (κ2) is 7.38. The molecule has 1 aliphatic heterocycles. The molecule has 6 nitrogen and oxygen atoms in total. The Hall–Kier alpha value is -2.50. The maximum Gasteiger partial charge on any atom is 0.224 e. The Morgan fingerprint density at radius 1 is 1.33 bits per heavy atom. The maximum absolute atomic E-state index is 12.7. The first kappa shape index (κ1) is 16.4. The molecule has 1 atom stereocenters. The van der Waals surface area contributed by atoms with E-state index in [-0.39, 0.29) is 11.9 Å². The van der Waals surface area contributed by atoms with E-state index in [1.165, 1.54) is 0 Å². The molecule has 2 aromatic rings. The van der Waals surface area contributed by atoms with Gasteiger partial charge in [0.15, 0.2) is 0 Å². The van der Waals surface area contributed by atoms with Crippen LogP contribution in [0.1, 0.15) is 30.9 Å². The van der Waals surface area contributed by atoms with Gasteiger partial charge in [0, 0.05) is 43.5 Å². The van der Waals surface area contributed by atoms with Crippen LogP contribution in [0, 0.1) is 0 Å². The Kier molecular flexibility index (Phi) is 5.03. The molecular formula is C18H23N3O3. The van der Waals surface area contributed by atoms with E-state index in [0.29, 0.717) is 13.0 Å². The topological polar surface area (TPSA) is 56.6 Å². The van der Waals surface area contributed by atoms with E-state index in [1.54, 1.807) is 25.1 Å². The smallest absolute Gasteiger partial charge is 0.224 e. The summed E-state index contributed by atoms with van der Waals surface area (Å²) in [7, 11) is 3.28. The lowest BCUT2D eigenvalue weighted by molar-refractivity contribution is -0.132. The fourth-order valence-electron chi connectivity index (χ4n) is 3.27. The lowest BCUT2D eigenvalue weighted by Crippen LogP contribution is -2.31. The van der Waals surface area contributed by atoms with E-state index in [2.05, 4.69) is 5.10 Å². The summed E-state index contributed by atoms with van der Waals surface area (Å²) in [6.45, 7) is 1.40. The summed E-state index contributed by atoms with van der Waals surface area (Å²) >= 11 is 0. The third-order valence-corrected chi connectivity index (χ3v) is 4.49. The number of nitrogens with zero attached hydrogens (tertiary/aromatic N) is 3. The van der Waals surface area contributed by atoms with E-state index in [9.17, 15) is 4.79 Å². The normalized spacial score (nSPS) is 17.1. The fourth-order valence-corrected chi connectivity index (χ4v) is 3.27. The van der Waals surface area contributed by atoms with Gasteiger partial charge >= 0.3 is 0 Å². The van der Waals surface area contributed by atoms with Crippen LogP contribution in [0.2, 0.25) is 0 Å². The van der Waals surface area contributed by atoms with E-state index in [0.717, 1.165) is 36.4 Å². The summed E-state index contributed by atoms with van der Waals surface area (Å²) in [5.41, 5.74) is 1.04. The van der Waals surface area contributed by atoms with Crippen molar-refractivity contribution < 1.29 is 14.3 Å². The molecule has 1 aliphatic rings. The molecule has 2 heterocycles. The van der Waals surface area contributed by atoms with Crippen LogP contribution >= 0.6 is 0 Å². The van der Waals surface area contributed by atoms with Crippen molar-refractivity contribution in [3.8, 4) is 11.5 Å². The van der Waals surface area contributed by atoms with Gasteiger partial charge in [-0.3, -0.25) is 9.48 Å². The highest BCUT2D eigenvalue weighted by Crippen LogP contribution is 2.38. The number of ether oxygens (including phenoxy) is 2. The van der Waals surface area contributed by atoms with Crippen molar-refractivity contribution in [3.05, 3.63) is 42.2 Å². The van der Waals surface area contributed by atoms with E-state index >= 15 is 0 Å². The number of rotatable bonds is 6. The lowest BCUT2D eigenvalue weighted by Gasteiger charge is -2.26. The molecule has 1 fully saturated rings. The summed E-state index contributed by atoms with van der Waals surface area (Å²) < 4.78 is 12.6. The molecule has 1 aromatic carbocycles. The molecule has 0 spiro atoms. The zero-order valence-corrected chi connectivity index (χ0v) is 14.1. The minimum atomic E-state index is 0.0657. The first-order valence-electron chi connectivity index (χ1n) is 8.21. The zero-order chi connectivity index (χ0) is 16.9. The van der Waals surface area contributed by atoms with Crippen molar-refractivity contribution in [2.24, 2.45) is 0 Å². The van der Waals surface area contributed by atoms with Crippen molar-refractivity contribution in [1.29, 1.82) is 0 Å². The van der Waals surface area contributed by atoms with Crippen LogP contribution in [0.25, 0.3) is 0 Å². The van der Waals surface area contributed by atoms with Gasteiger partial charge in [0.25, 0.3) is 0 Å². The van der Waals surface area contributed by atoms with Gasteiger partial charge in [-0.25, -0.2) is 0 Å². The Bertz CT molecular complexity index is 685. The predicted molar refractivity (Wildman–Crippen MR) is 90.1 cm³/mol. The van der Waals surface area contributed by atoms with Crippen LogP contribution in [0.5, 0.6) is 11.5 Å². The number of methoxy groups -OCH3 is 2. The number of hydrogen-bond acceptors (Lipinski definition) is 4. The van der Waals surface area contributed by atoms with E-state index in [1.807, 2.05) is 35.4 Å². The van der Waals surface area contributed by atoms with Crippen molar-refractivity contribution in [3.63, 3.8) is 0 Å². The molecule has 24 heavy (non-hydrogen) atoms. The van der Waals surface area contributed by atoms with Crippen LogP contribution in [0.3, 0.4) is 0 Å². The average molecular weight is 329 g/mol. The molecule has 0 saturated carbocycles. The highest BCUT2D eigenvalue weighted by molar-refractivity contribution is 5.77. The number of amides is 1. The highest BCUT2D eigenvalue weighted by atomic mass is 16.5. The Labute approximate surface area is 142 Å². The minimum Gasteiger partial charge on any atom is -0.497 e. The van der Waals surface area contributed by atoms with Crippen molar-refractivity contribution >= 4 is 5.91 Å². The number of aryl methyl sites for hydroxylation is 1. The van der Waals surface area contributed by atoms with Gasteiger partial charge < -0.3 is 14.4 Å². The third kappa shape index (κ3) is 3.37. The number of benzene rings is 1. The van der Waals surface area contributed by atoms with Crippen molar-refractivity contribution in [1.82, 2.24) is 14.7 Å². The lowest BCUT2D eigenvalue weighted by atomic mass is 10.0. The standard InChI is InChI=1S/C18H23N3O3/c1-23-14-6-7-15(17(13-14)24-2)16-5-3-11-21(16)18(22)8-12-20-10-4-9-19-20/h4,6-7,9-10,13,16H,3,5,8,11-12H2,1-2H3. The molecule has 1 aromatic heterocycles. The number of aromatic nitrogens is 2. The molecule has 1 amide bonds. The van der Waals surface area contributed by atoms with Gasteiger partial charge in [0.05, 0.1) is 20.3 Å². The quantitative estimate of drug-likeness (QED) is 0.817. The Balaban J connectivity index is 1.74. The summed E-state index contributed by atoms with van der Waals surface area (Å²) in [5.74, 6) is 1.68. The third-order valence-electron chi connectivity index (χ3n) is 4.49. The number of likely N-dealkylation sites (tertiary alicyclic amines) is 1. The number of carbonyl (C=O) groups excluding carboxylic acids is 1. The SMILES string of the molecule is COc1ccc(C2CCCN2C(=O)CCn2cccn2)c(OC)c1. The molecule has 128 valence electrons. The molecule has 3 rings (SSSR count). The number of hydrogen-bond donors (Lipinski definition) is 0. The molecular weight excluding hydrogens is 306 g/mol. The molecule has 0 aliphatic carbocycles. The summed E-state index contributed by atoms with van der Waals surface area (Å²) in [4.78, 5) is 14.6. The molecule has 1 unspecified atom stereocenters. The fraction of sp³-hybridized carbons (Fsp3) is 0.444. The predicted octanol–water partition coefficient (Wildman–Crippen LogP) is 2.65. The highest BCUT2D eigenvalue weighted by Gasteiger charge is 2.31. The number of carbonyl (C=O) groups is 1. The van der Waals surface area contributed by atoms with E-state index in [4.69, 9.17) is 9.47 Å². The first-order valence-corrected chi connectivity index (χ1v) is 8.21. The van der Waals surface area contributed by atoms with Crippen LogP contribution < -0.4 is 9.47 Å². The van der Waals surface area contributed by atoms with Crippen LogP contribution in [0.4, 0.5) is 0 Å². The molecule has 0 bridgehead atoms. The average Bonchev–Trinajstić information content (AvgIpc) is 3.30. The molecule has 1 saturated heterocycles. The first-order chi connectivity index (χ1) is 11.7. The van der Waals surface area contributed by atoms with Crippen LogP contribution in [-0.2, 0) is 11.3 Å². The summed E-state index contributed by atoms with van der Waals surface area (Å²) in [6, 6.07) is 7.73. The van der Waals surface area contributed by atoms with Crippen LogP contribution in [0.15, 0.2) is 36.7 Å². The molecule has 6 heteroatoms. The summed E-state index contributed by atoms with van der Waals surface area (Å²) in [5, 5.41) is 4.15. The van der Waals surface area contributed by atoms with Gasteiger partial charge in [0.1, 0.15) is 11.5 Å². The molecule has 0 N–H and O–H groups in total. The van der Waals surface area contributed by atoms with Gasteiger partial charge in [-0.2, -0.15) is 5.10 Å². The van der Waals surface area contributed by atoms with Crippen molar-refractivity contribution in [2.45, 2.75) is 31.8 Å². The minimum absolute atomic E-state index is 0.0657. The van der Waals surface area contributed by atoms with Gasteiger partial charge in [-0.1, -0.05) is 0 Å². The van der Waals surface area contributed by atoms with Gasteiger partial charge in [-0.15, -0.1) is 0 Å². The van der Waals surface area contributed by atoms with E-state index < -0.39 is 0 Å². The zero-order valence-electron chi connectivity index (χ0n) is 14.1. The van der Waals surface area contributed by atoms with Crippen molar-refractivity contribution in [2.75, 3.05) is 20.8 Å². The van der Waals surface area contributed by atoms with Gasteiger partial charge in [0.2, 0.25) is 5.91 Å². The molecule has 0 radical (unpaired) electrons. The second-order valence-corrected chi connectivity index (χ2v) is 5.87. The van der Waals surface area contributed by atoms with Gasteiger partial charge in [-0.05, 0) is 31.0 Å². The summed E-state index contributed by atoms with van der Waals surface area (Å²) in [6.07, 6.45) is 6.02. The van der Waals surface area contributed by atoms with Crippen LogP contribution in [-0.4, -0.2) is 41.4 Å². The largest absolute Gasteiger partial charge is 0.497 e. The maximum atomic E-state index is 12.7. The Morgan fingerprint density at radius 2 is 2.21 bits per heavy atom. The second-order valence-electron chi connectivity index (χ2n) is 5.87. The Morgan fingerprint density at radius 3 is 2.92 bits per heavy atom.